The lowest BCUT2D eigenvalue weighted by Gasteiger charge is -2.28. The van der Waals surface area contributed by atoms with Crippen molar-refractivity contribution < 1.29 is 24.7 Å². The topological polar surface area (TPSA) is 110 Å². The summed E-state index contributed by atoms with van der Waals surface area (Å²) < 4.78 is 4.88. The number of thioether (sulfide) groups is 1. The fourth-order valence-corrected chi connectivity index (χ4v) is 4.29. The van der Waals surface area contributed by atoms with Crippen molar-refractivity contribution in [1.29, 1.82) is 0 Å². The molecule has 0 saturated carbocycles. The summed E-state index contributed by atoms with van der Waals surface area (Å²) in [6, 6.07) is 6.15. The Balaban J connectivity index is 2.38. The molecule has 1 aliphatic rings. The van der Waals surface area contributed by atoms with E-state index in [9.17, 15) is 25.1 Å². The van der Waals surface area contributed by atoms with Crippen LogP contribution in [-0.4, -0.2) is 45.7 Å². The molecule has 0 radical (unpaired) electrons. The zero-order valence-corrected chi connectivity index (χ0v) is 12.8. The van der Waals surface area contributed by atoms with Crippen molar-refractivity contribution in [3.05, 3.63) is 39.9 Å². The van der Waals surface area contributed by atoms with Gasteiger partial charge in [-0.2, -0.15) is 0 Å². The van der Waals surface area contributed by atoms with Gasteiger partial charge in [0.05, 0.1) is 18.1 Å². The molecule has 22 heavy (non-hydrogen) atoms. The van der Waals surface area contributed by atoms with E-state index in [0.29, 0.717) is 5.56 Å². The van der Waals surface area contributed by atoms with Crippen LogP contribution in [0.5, 0.6) is 0 Å². The molecule has 2 rings (SSSR count). The molecule has 7 nitrogen and oxygen atoms in total. The number of aliphatic hydroxyl groups excluding tert-OH is 1. The number of hydrogen-bond acceptors (Lipinski definition) is 7. The monoisotopic (exact) mass is 327 g/mol. The van der Waals surface area contributed by atoms with Gasteiger partial charge in [-0.05, 0) is 6.92 Å². The minimum Gasteiger partial charge on any atom is -0.464 e. The molecule has 0 unspecified atom stereocenters. The number of rotatable bonds is 5. The van der Waals surface area contributed by atoms with Gasteiger partial charge in [0.1, 0.15) is 0 Å². The minimum absolute atomic E-state index is 0.0216. The first-order valence-corrected chi connectivity index (χ1v) is 7.86. The molecule has 0 amide bonds. The maximum absolute atomic E-state index is 12.0. The summed E-state index contributed by atoms with van der Waals surface area (Å²) in [7, 11) is 0. The molecule has 1 aliphatic heterocycles. The Morgan fingerprint density at radius 2 is 2.23 bits per heavy atom. The van der Waals surface area contributed by atoms with Crippen molar-refractivity contribution in [3.8, 4) is 0 Å². The average molecular weight is 327 g/mol. The zero-order chi connectivity index (χ0) is 16.3. The molecular formula is C14H17NO6S. The van der Waals surface area contributed by atoms with Crippen LogP contribution < -0.4 is 0 Å². The van der Waals surface area contributed by atoms with Gasteiger partial charge in [0.25, 0.3) is 5.69 Å². The third kappa shape index (κ3) is 2.81. The number of nitrogens with zero attached hydrogens (tertiary/aromatic N) is 1. The lowest BCUT2D eigenvalue weighted by Crippen LogP contribution is -2.48. The van der Waals surface area contributed by atoms with Crippen molar-refractivity contribution in [3.63, 3.8) is 0 Å². The highest BCUT2D eigenvalue weighted by molar-refractivity contribution is 7.99. The normalized spacial score (nSPS) is 27.6. The Hall–Kier alpha value is -1.64. The number of aliphatic hydroxyl groups is 2. The van der Waals surface area contributed by atoms with Crippen molar-refractivity contribution in [2.24, 2.45) is 5.92 Å². The third-order valence-electron chi connectivity index (χ3n) is 3.73. The van der Waals surface area contributed by atoms with Crippen LogP contribution >= 0.6 is 11.8 Å². The predicted molar refractivity (Wildman–Crippen MR) is 80.5 cm³/mol. The molecule has 1 aromatic rings. The number of benzene rings is 1. The van der Waals surface area contributed by atoms with E-state index in [4.69, 9.17) is 4.74 Å². The molecule has 3 atom stereocenters. The molecule has 2 N–H and O–H groups in total. The van der Waals surface area contributed by atoms with Crippen molar-refractivity contribution in [2.75, 3.05) is 19.0 Å². The first-order chi connectivity index (χ1) is 10.5. The number of carbonyl (C=O) groups is 1. The van der Waals surface area contributed by atoms with Crippen LogP contribution in [0.4, 0.5) is 5.69 Å². The smallest absolute Gasteiger partial charge is 0.339 e. The number of carbonyl (C=O) groups excluding carboxylic acids is 1. The Kier molecular flexibility index (Phi) is 5.05. The van der Waals surface area contributed by atoms with Gasteiger partial charge in [-0.15, -0.1) is 11.8 Å². The summed E-state index contributed by atoms with van der Waals surface area (Å²) >= 11 is 1.21. The van der Waals surface area contributed by atoms with E-state index >= 15 is 0 Å². The van der Waals surface area contributed by atoms with E-state index in [2.05, 4.69) is 0 Å². The lowest BCUT2D eigenvalue weighted by molar-refractivity contribution is -0.385. The number of esters is 1. The van der Waals surface area contributed by atoms with E-state index in [1.165, 1.54) is 17.8 Å². The van der Waals surface area contributed by atoms with Gasteiger partial charge in [0.2, 0.25) is 0 Å². The highest BCUT2D eigenvalue weighted by Gasteiger charge is 2.55. The maximum atomic E-state index is 12.0. The van der Waals surface area contributed by atoms with Crippen LogP contribution in [0.15, 0.2) is 24.3 Å². The predicted octanol–water partition coefficient (Wildman–Crippen LogP) is 1.29. The molecule has 0 aromatic heterocycles. The molecule has 0 bridgehead atoms. The number of nitro groups is 1. The van der Waals surface area contributed by atoms with Gasteiger partial charge in [-0.1, -0.05) is 18.2 Å². The molecule has 0 aliphatic carbocycles. The largest absolute Gasteiger partial charge is 0.464 e. The summed E-state index contributed by atoms with van der Waals surface area (Å²) in [4.78, 5) is 22.6. The number of nitro benzene ring substituents is 1. The number of hydrogen-bond donors (Lipinski definition) is 2. The summed E-state index contributed by atoms with van der Waals surface area (Å²) in [6.07, 6.45) is 0. The van der Waals surface area contributed by atoms with E-state index in [1.807, 2.05) is 0 Å². The van der Waals surface area contributed by atoms with Gasteiger partial charge in [0, 0.05) is 28.6 Å². The highest BCUT2D eigenvalue weighted by Crippen LogP contribution is 2.52. The Labute approximate surface area is 131 Å². The summed E-state index contributed by atoms with van der Waals surface area (Å²) in [6.45, 7) is 1.26. The number of ether oxygens (including phenoxy) is 1. The average Bonchev–Trinajstić information content (AvgIpc) is 2.85. The molecule has 8 heteroatoms. The van der Waals surface area contributed by atoms with Gasteiger partial charge in [-0.25, -0.2) is 4.79 Å². The Morgan fingerprint density at radius 3 is 2.82 bits per heavy atom. The van der Waals surface area contributed by atoms with Gasteiger partial charge >= 0.3 is 5.97 Å². The van der Waals surface area contributed by atoms with E-state index in [0.717, 1.165) is 0 Å². The molecular weight excluding hydrogens is 310 g/mol. The van der Waals surface area contributed by atoms with Gasteiger partial charge < -0.3 is 14.9 Å². The van der Waals surface area contributed by atoms with E-state index in [1.54, 1.807) is 25.1 Å². The molecule has 120 valence electrons. The lowest BCUT2D eigenvalue weighted by atomic mass is 9.84. The molecule has 0 spiro atoms. The van der Waals surface area contributed by atoms with E-state index < -0.39 is 34.3 Å². The molecule has 1 saturated heterocycles. The fourth-order valence-electron chi connectivity index (χ4n) is 2.60. The standard InChI is InChI=1S/C14H17NO6S/c1-2-21-13(17)14(18)8-22-12(10(14)7-16)9-5-3-4-6-11(9)15(19)20/h3-6,10,12,16,18H,2,7-8H2,1H3/t10-,12-,14+/m1/s1. The SMILES string of the molecule is CCOC(=O)[C@]1(O)CS[C@H](c2ccccc2[N+](=O)[O-])[C@H]1CO. The van der Waals surface area contributed by atoms with Crippen LogP contribution in [0, 0.1) is 16.0 Å². The molecule has 1 aromatic carbocycles. The van der Waals surface area contributed by atoms with Gasteiger partial charge in [-0.3, -0.25) is 10.1 Å². The second-order valence-electron chi connectivity index (χ2n) is 4.98. The summed E-state index contributed by atoms with van der Waals surface area (Å²) in [5, 5.41) is 30.8. The van der Waals surface area contributed by atoms with Crippen LogP contribution in [0.25, 0.3) is 0 Å². The fraction of sp³-hybridized carbons (Fsp3) is 0.500. The zero-order valence-electron chi connectivity index (χ0n) is 12.0. The quantitative estimate of drug-likeness (QED) is 0.476. The second kappa shape index (κ2) is 6.64. The Bertz CT molecular complexity index is 580. The van der Waals surface area contributed by atoms with E-state index in [-0.39, 0.29) is 18.0 Å². The van der Waals surface area contributed by atoms with Crippen LogP contribution in [0.1, 0.15) is 17.7 Å². The summed E-state index contributed by atoms with van der Waals surface area (Å²) in [5.41, 5.74) is -1.55. The van der Waals surface area contributed by atoms with Crippen molar-refractivity contribution in [1.82, 2.24) is 0 Å². The summed E-state index contributed by atoms with van der Waals surface area (Å²) in [5.74, 6) is -1.64. The third-order valence-corrected chi connectivity index (χ3v) is 5.28. The van der Waals surface area contributed by atoms with Crippen molar-refractivity contribution >= 4 is 23.4 Å². The highest BCUT2D eigenvalue weighted by atomic mass is 32.2. The first kappa shape index (κ1) is 16.7. The molecule has 1 heterocycles. The van der Waals surface area contributed by atoms with Gasteiger partial charge in [0.15, 0.2) is 5.60 Å². The first-order valence-electron chi connectivity index (χ1n) is 6.81. The minimum atomic E-state index is -1.84. The number of para-hydroxylation sites is 1. The second-order valence-corrected chi connectivity index (χ2v) is 6.11. The molecule has 1 fully saturated rings. The maximum Gasteiger partial charge on any atom is 0.339 e. The Morgan fingerprint density at radius 1 is 1.55 bits per heavy atom. The van der Waals surface area contributed by atoms with Crippen LogP contribution in [0.3, 0.4) is 0 Å². The van der Waals surface area contributed by atoms with Crippen LogP contribution in [-0.2, 0) is 9.53 Å². The van der Waals surface area contributed by atoms with Crippen molar-refractivity contribution in [2.45, 2.75) is 17.8 Å². The van der Waals surface area contributed by atoms with Crippen LogP contribution in [0.2, 0.25) is 0 Å².